The van der Waals surface area contributed by atoms with Gasteiger partial charge < -0.3 is 9.30 Å². The van der Waals surface area contributed by atoms with Gasteiger partial charge in [0.25, 0.3) is 0 Å². The second kappa shape index (κ2) is 5.37. The van der Waals surface area contributed by atoms with Crippen LogP contribution in [0.1, 0.15) is 17.0 Å². The van der Waals surface area contributed by atoms with Crippen molar-refractivity contribution < 1.29 is 4.74 Å². The third-order valence-electron chi connectivity index (χ3n) is 2.97. The molecule has 0 unspecified atom stereocenters. The molecule has 0 fully saturated rings. The molecule has 0 saturated carbocycles. The number of rotatable bonds is 4. The third-order valence-corrected chi connectivity index (χ3v) is 2.97. The SMILES string of the molecule is COc1ccc(CCc2c(C#N)ncn2C)cc1. The largest absolute Gasteiger partial charge is 0.497 e. The van der Waals surface area contributed by atoms with E-state index in [1.54, 1.807) is 13.4 Å². The lowest BCUT2D eigenvalue weighted by Crippen LogP contribution is -2.00. The molecule has 0 atom stereocenters. The maximum atomic E-state index is 8.95. The highest BCUT2D eigenvalue weighted by molar-refractivity contribution is 5.30. The number of aromatic nitrogens is 2. The zero-order valence-electron chi connectivity index (χ0n) is 10.6. The molecule has 0 aliphatic heterocycles. The molecule has 0 radical (unpaired) electrons. The summed E-state index contributed by atoms with van der Waals surface area (Å²) in [5, 5.41) is 8.95. The Labute approximate surface area is 106 Å². The summed E-state index contributed by atoms with van der Waals surface area (Å²) in [5.41, 5.74) is 2.72. The minimum atomic E-state index is 0.519. The van der Waals surface area contributed by atoms with E-state index >= 15 is 0 Å². The predicted octanol–water partition coefficient (Wildman–Crippen LogP) is 2.09. The van der Waals surface area contributed by atoms with E-state index in [2.05, 4.69) is 11.1 Å². The van der Waals surface area contributed by atoms with Crippen molar-refractivity contribution in [2.24, 2.45) is 7.05 Å². The van der Waals surface area contributed by atoms with Crippen molar-refractivity contribution in [1.82, 2.24) is 9.55 Å². The van der Waals surface area contributed by atoms with E-state index in [9.17, 15) is 0 Å². The van der Waals surface area contributed by atoms with Gasteiger partial charge in [0.2, 0.25) is 0 Å². The smallest absolute Gasteiger partial charge is 0.161 e. The number of methoxy groups -OCH3 is 1. The molecule has 2 rings (SSSR count). The predicted molar refractivity (Wildman–Crippen MR) is 68.3 cm³/mol. The first kappa shape index (κ1) is 12.2. The molecule has 2 aromatic rings. The average molecular weight is 241 g/mol. The van der Waals surface area contributed by atoms with Crippen LogP contribution < -0.4 is 4.74 Å². The fourth-order valence-corrected chi connectivity index (χ4v) is 1.90. The van der Waals surface area contributed by atoms with Crippen LogP contribution in [0.15, 0.2) is 30.6 Å². The second-order valence-electron chi connectivity index (χ2n) is 4.11. The van der Waals surface area contributed by atoms with Crippen LogP contribution in [0.2, 0.25) is 0 Å². The lowest BCUT2D eigenvalue weighted by atomic mass is 10.1. The van der Waals surface area contributed by atoms with Gasteiger partial charge in [0.15, 0.2) is 5.69 Å². The van der Waals surface area contributed by atoms with Crippen molar-refractivity contribution in [3.63, 3.8) is 0 Å². The summed E-state index contributed by atoms with van der Waals surface area (Å²) < 4.78 is 7.02. The van der Waals surface area contributed by atoms with E-state index in [0.29, 0.717) is 5.69 Å². The number of hydrogen-bond donors (Lipinski definition) is 0. The molecular formula is C14H15N3O. The number of hydrogen-bond acceptors (Lipinski definition) is 3. The van der Waals surface area contributed by atoms with Gasteiger partial charge >= 0.3 is 0 Å². The zero-order chi connectivity index (χ0) is 13.0. The van der Waals surface area contributed by atoms with Crippen molar-refractivity contribution in [2.45, 2.75) is 12.8 Å². The summed E-state index contributed by atoms with van der Waals surface area (Å²) in [6.45, 7) is 0. The van der Waals surface area contributed by atoms with E-state index < -0.39 is 0 Å². The second-order valence-corrected chi connectivity index (χ2v) is 4.11. The summed E-state index contributed by atoms with van der Waals surface area (Å²) >= 11 is 0. The standard InChI is InChI=1S/C14H15N3O/c1-17-10-16-13(9-15)14(17)8-5-11-3-6-12(18-2)7-4-11/h3-4,6-7,10H,5,8H2,1-2H3. The van der Waals surface area contributed by atoms with Gasteiger partial charge in [-0.1, -0.05) is 12.1 Å². The molecule has 0 bridgehead atoms. The fraction of sp³-hybridized carbons (Fsp3) is 0.286. The number of ether oxygens (including phenoxy) is 1. The Morgan fingerprint density at radius 2 is 2.00 bits per heavy atom. The van der Waals surface area contributed by atoms with E-state index in [4.69, 9.17) is 10.00 Å². The summed E-state index contributed by atoms with van der Waals surface area (Å²) in [4.78, 5) is 4.06. The van der Waals surface area contributed by atoms with E-state index in [-0.39, 0.29) is 0 Å². The van der Waals surface area contributed by atoms with E-state index in [1.807, 2.05) is 35.9 Å². The molecule has 4 nitrogen and oxygen atoms in total. The minimum Gasteiger partial charge on any atom is -0.497 e. The Balaban J connectivity index is 2.07. The average Bonchev–Trinajstić information content (AvgIpc) is 2.77. The number of aryl methyl sites for hydroxylation is 2. The Morgan fingerprint density at radius 3 is 2.61 bits per heavy atom. The monoisotopic (exact) mass is 241 g/mol. The van der Waals surface area contributed by atoms with Crippen LogP contribution in [0.4, 0.5) is 0 Å². The Hall–Kier alpha value is -2.28. The lowest BCUT2D eigenvalue weighted by molar-refractivity contribution is 0.414. The van der Waals surface area contributed by atoms with E-state index in [0.717, 1.165) is 24.3 Å². The van der Waals surface area contributed by atoms with Crippen molar-refractivity contribution in [2.75, 3.05) is 7.11 Å². The molecule has 1 aromatic heterocycles. The van der Waals surface area contributed by atoms with Crippen molar-refractivity contribution in [3.8, 4) is 11.8 Å². The molecule has 92 valence electrons. The summed E-state index contributed by atoms with van der Waals surface area (Å²) in [6, 6.07) is 10.1. The molecule has 0 aliphatic carbocycles. The van der Waals surface area contributed by atoms with Gasteiger partial charge in [0, 0.05) is 7.05 Å². The first-order valence-electron chi connectivity index (χ1n) is 5.78. The summed E-state index contributed by atoms with van der Waals surface area (Å²) in [5.74, 6) is 0.858. The van der Waals surface area contributed by atoms with Crippen LogP contribution in [0.5, 0.6) is 5.75 Å². The van der Waals surface area contributed by atoms with Gasteiger partial charge in [-0.15, -0.1) is 0 Å². The topological polar surface area (TPSA) is 50.8 Å². The lowest BCUT2D eigenvalue weighted by Gasteiger charge is -2.05. The minimum absolute atomic E-state index is 0.519. The van der Waals surface area contributed by atoms with Crippen LogP contribution >= 0.6 is 0 Å². The number of nitrogens with zero attached hydrogens (tertiary/aromatic N) is 3. The van der Waals surface area contributed by atoms with Gasteiger partial charge in [-0.05, 0) is 30.5 Å². The van der Waals surface area contributed by atoms with Crippen LogP contribution in [0.25, 0.3) is 0 Å². The summed E-state index contributed by atoms with van der Waals surface area (Å²) in [7, 11) is 3.57. The number of imidazole rings is 1. The van der Waals surface area contributed by atoms with E-state index in [1.165, 1.54) is 5.56 Å². The number of nitriles is 1. The van der Waals surface area contributed by atoms with Crippen LogP contribution in [-0.2, 0) is 19.9 Å². The van der Waals surface area contributed by atoms with Gasteiger partial charge in [-0.2, -0.15) is 5.26 Å². The van der Waals surface area contributed by atoms with Gasteiger partial charge in [0.05, 0.1) is 19.1 Å². The first-order valence-corrected chi connectivity index (χ1v) is 5.78. The molecule has 18 heavy (non-hydrogen) atoms. The zero-order valence-corrected chi connectivity index (χ0v) is 10.6. The molecule has 1 heterocycles. The summed E-state index contributed by atoms with van der Waals surface area (Å²) in [6.07, 6.45) is 3.38. The Morgan fingerprint density at radius 1 is 1.28 bits per heavy atom. The normalized spacial score (nSPS) is 10.1. The third kappa shape index (κ3) is 2.51. The molecule has 0 amide bonds. The Kier molecular flexibility index (Phi) is 3.63. The molecule has 4 heteroatoms. The number of benzene rings is 1. The highest BCUT2D eigenvalue weighted by atomic mass is 16.5. The molecule has 0 aliphatic rings. The van der Waals surface area contributed by atoms with Gasteiger partial charge in [-0.25, -0.2) is 4.98 Å². The quantitative estimate of drug-likeness (QED) is 0.823. The van der Waals surface area contributed by atoms with Crippen molar-refractivity contribution >= 4 is 0 Å². The highest BCUT2D eigenvalue weighted by Gasteiger charge is 2.08. The molecular weight excluding hydrogens is 226 g/mol. The van der Waals surface area contributed by atoms with Crippen LogP contribution in [-0.4, -0.2) is 16.7 Å². The Bertz CT molecular complexity index is 564. The highest BCUT2D eigenvalue weighted by Crippen LogP contribution is 2.14. The first-order chi connectivity index (χ1) is 8.74. The maximum absolute atomic E-state index is 8.95. The van der Waals surface area contributed by atoms with Gasteiger partial charge in [-0.3, -0.25) is 0 Å². The maximum Gasteiger partial charge on any atom is 0.161 e. The molecule has 0 spiro atoms. The fourth-order valence-electron chi connectivity index (χ4n) is 1.90. The van der Waals surface area contributed by atoms with Crippen LogP contribution in [0, 0.1) is 11.3 Å². The molecule has 1 aromatic carbocycles. The van der Waals surface area contributed by atoms with Crippen molar-refractivity contribution in [1.29, 1.82) is 5.26 Å². The molecule has 0 N–H and O–H groups in total. The van der Waals surface area contributed by atoms with Crippen molar-refractivity contribution in [3.05, 3.63) is 47.5 Å². The molecule has 0 saturated heterocycles. The van der Waals surface area contributed by atoms with Crippen LogP contribution in [0.3, 0.4) is 0 Å². The van der Waals surface area contributed by atoms with Gasteiger partial charge in [0.1, 0.15) is 11.8 Å².